The fourth-order valence-electron chi connectivity index (χ4n) is 1.82. The molecular weight excluding hydrogens is 278 g/mol. The van der Waals surface area contributed by atoms with E-state index in [9.17, 15) is 0 Å². The molecule has 2 aromatic rings. The summed E-state index contributed by atoms with van der Waals surface area (Å²) in [5, 5.41) is 0. The monoisotopic (exact) mass is 295 g/mol. The number of aryl methyl sites for hydroxylation is 1. The standard InChI is InChI=1S/C15H18ClNOS/c1-3-12(17)15(13-8-9-14(16)19-13)18-11-6-4-10(2)5-7-11/h4-9,12,15H,3,17H2,1-2H3. The van der Waals surface area contributed by atoms with E-state index in [-0.39, 0.29) is 12.1 Å². The lowest BCUT2D eigenvalue weighted by Crippen LogP contribution is -2.30. The van der Waals surface area contributed by atoms with Crippen molar-refractivity contribution in [1.29, 1.82) is 0 Å². The second-order valence-electron chi connectivity index (χ2n) is 4.57. The molecule has 2 nitrogen and oxygen atoms in total. The van der Waals surface area contributed by atoms with Crippen LogP contribution in [-0.4, -0.2) is 6.04 Å². The van der Waals surface area contributed by atoms with E-state index in [1.54, 1.807) is 0 Å². The average molecular weight is 296 g/mol. The molecule has 2 unspecified atom stereocenters. The van der Waals surface area contributed by atoms with Crippen LogP contribution in [0.15, 0.2) is 36.4 Å². The second-order valence-corrected chi connectivity index (χ2v) is 6.31. The third-order valence-electron chi connectivity index (χ3n) is 3.02. The molecule has 102 valence electrons. The van der Waals surface area contributed by atoms with E-state index >= 15 is 0 Å². The summed E-state index contributed by atoms with van der Waals surface area (Å²) in [7, 11) is 0. The van der Waals surface area contributed by atoms with Gasteiger partial charge in [-0.1, -0.05) is 36.2 Å². The summed E-state index contributed by atoms with van der Waals surface area (Å²) in [5.74, 6) is 0.837. The number of benzene rings is 1. The summed E-state index contributed by atoms with van der Waals surface area (Å²) in [6.45, 7) is 4.11. The minimum Gasteiger partial charge on any atom is -0.483 e. The van der Waals surface area contributed by atoms with E-state index in [0.717, 1.165) is 21.4 Å². The van der Waals surface area contributed by atoms with E-state index in [1.165, 1.54) is 16.9 Å². The lowest BCUT2D eigenvalue weighted by Gasteiger charge is -2.23. The zero-order chi connectivity index (χ0) is 13.8. The molecule has 1 aromatic carbocycles. The van der Waals surface area contributed by atoms with Crippen LogP contribution < -0.4 is 10.5 Å². The quantitative estimate of drug-likeness (QED) is 0.877. The smallest absolute Gasteiger partial charge is 0.148 e. The van der Waals surface area contributed by atoms with Crippen LogP contribution in [0.1, 0.15) is 29.9 Å². The molecule has 0 radical (unpaired) electrons. The van der Waals surface area contributed by atoms with Gasteiger partial charge in [0.25, 0.3) is 0 Å². The Hall–Kier alpha value is -1.03. The Kier molecular flexibility index (Phi) is 4.86. The molecule has 0 fully saturated rings. The molecule has 0 spiro atoms. The van der Waals surface area contributed by atoms with Crippen LogP contribution in [0.2, 0.25) is 4.34 Å². The minimum atomic E-state index is -0.148. The van der Waals surface area contributed by atoms with Crippen molar-refractivity contribution >= 4 is 22.9 Å². The number of rotatable bonds is 5. The molecule has 19 heavy (non-hydrogen) atoms. The van der Waals surface area contributed by atoms with Gasteiger partial charge in [-0.2, -0.15) is 0 Å². The fraction of sp³-hybridized carbons (Fsp3) is 0.333. The highest BCUT2D eigenvalue weighted by atomic mass is 35.5. The van der Waals surface area contributed by atoms with Gasteiger partial charge in [-0.05, 0) is 37.6 Å². The Balaban J connectivity index is 2.21. The number of hydrogen-bond donors (Lipinski definition) is 1. The van der Waals surface area contributed by atoms with Gasteiger partial charge in [-0.3, -0.25) is 0 Å². The highest BCUT2D eigenvalue weighted by Crippen LogP contribution is 2.32. The normalized spacial score (nSPS) is 14.1. The summed E-state index contributed by atoms with van der Waals surface area (Å²) in [6.07, 6.45) is 0.705. The highest BCUT2D eigenvalue weighted by Gasteiger charge is 2.22. The first-order chi connectivity index (χ1) is 9.10. The van der Waals surface area contributed by atoms with Gasteiger partial charge in [0.05, 0.1) is 4.34 Å². The highest BCUT2D eigenvalue weighted by molar-refractivity contribution is 7.16. The van der Waals surface area contributed by atoms with Gasteiger partial charge in [0.15, 0.2) is 0 Å². The van der Waals surface area contributed by atoms with E-state index < -0.39 is 0 Å². The minimum absolute atomic E-state index is 0.0454. The molecule has 2 rings (SSSR count). The molecule has 2 atom stereocenters. The number of thiophene rings is 1. The van der Waals surface area contributed by atoms with E-state index in [1.807, 2.05) is 36.4 Å². The van der Waals surface area contributed by atoms with Crippen molar-refractivity contribution in [1.82, 2.24) is 0 Å². The second kappa shape index (κ2) is 6.42. The Morgan fingerprint density at radius 1 is 1.21 bits per heavy atom. The third-order valence-corrected chi connectivity index (χ3v) is 4.31. The van der Waals surface area contributed by atoms with Crippen molar-refractivity contribution < 1.29 is 4.74 Å². The van der Waals surface area contributed by atoms with Gasteiger partial charge in [0.2, 0.25) is 0 Å². The van der Waals surface area contributed by atoms with Crippen molar-refractivity contribution in [2.45, 2.75) is 32.4 Å². The molecule has 0 aliphatic rings. The number of halogens is 1. The number of nitrogens with two attached hydrogens (primary N) is 1. The molecule has 0 aliphatic carbocycles. The first-order valence-corrected chi connectivity index (χ1v) is 7.53. The Labute approximate surface area is 123 Å². The van der Waals surface area contributed by atoms with Crippen molar-refractivity contribution in [3.8, 4) is 5.75 Å². The summed E-state index contributed by atoms with van der Waals surface area (Å²) in [4.78, 5) is 1.07. The lowest BCUT2D eigenvalue weighted by molar-refractivity contribution is 0.174. The predicted molar refractivity (Wildman–Crippen MR) is 82.1 cm³/mol. The summed E-state index contributed by atoms with van der Waals surface area (Å²) in [5.41, 5.74) is 7.39. The van der Waals surface area contributed by atoms with E-state index in [0.29, 0.717) is 0 Å². The van der Waals surface area contributed by atoms with Gasteiger partial charge < -0.3 is 10.5 Å². The Morgan fingerprint density at radius 2 is 1.89 bits per heavy atom. The van der Waals surface area contributed by atoms with Gasteiger partial charge in [0, 0.05) is 10.9 Å². The van der Waals surface area contributed by atoms with Crippen molar-refractivity contribution in [2.24, 2.45) is 5.73 Å². The fourth-order valence-corrected chi connectivity index (χ4v) is 2.98. The molecule has 0 saturated carbocycles. The molecule has 0 saturated heterocycles. The van der Waals surface area contributed by atoms with Crippen LogP contribution in [-0.2, 0) is 0 Å². The van der Waals surface area contributed by atoms with Gasteiger partial charge >= 0.3 is 0 Å². The van der Waals surface area contributed by atoms with Gasteiger partial charge in [-0.25, -0.2) is 0 Å². The van der Waals surface area contributed by atoms with E-state index in [4.69, 9.17) is 22.1 Å². The molecular formula is C15H18ClNOS. The van der Waals surface area contributed by atoms with Gasteiger partial charge in [-0.15, -0.1) is 11.3 Å². The molecule has 0 amide bonds. The SMILES string of the molecule is CCC(N)C(Oc1ccc(C)cc1)c1ccc(Cl)s1. The number of hydrogen-bond acceptors (Lipinski definition) is 3. The predicted octanol–water partition coefficient (Wildman–Crippen LogP) is 4.57. The molecule has 1 heterocycles. The maximum atomic E-state index is 6.17. The Morgan fingerprint density at radius 3 is 2.42 bits per heavy atom. The molecule has 2 N–H and O–H groups in total. The van der Waals surface area contributed by atoms with Crippen LogP contribution in [0.25, 0.3) is 0 Å². The largest absolute Gasteiger partial charge is 0.483 e. The summed E-state index contributed by atoms with van der Waals surface area (Å²) < 4.78 is 6.81. The zero-order valence-corrected chi connectivity index (χ0v) is 12.7. The zero-order valence-electron chi connectivity index (χ0n) is 11.1. The molecule has 0 bridgehead atoms. The number of ether oxygens (including phenoxy) is 1. The van der Waals surface area contributed by atoms with Crippen LogP contribution in [0.3, 0.4) is 0 Å². The van der Waals surface area contributed by atoms with Gasteiger partial charge in [0.1, 0.15) is 11.9 Å². The summed E-state index contributed by atoms with van der Waals surface area (Å²) in [6, 6.07) is 11.8. The van der Waals surface area contributed by atoms with E-state index in [2.05, 4.69) is 13.8 Å². The van der Waals surface area contributed by atoms with Crippen molar-refractivity contribution in [3.05, 3.63) is 51.2 Å². The van der Waals surface area contributed by atoms with Crippen LogP contribution >= 0.6 is 22.9 Å². The van der Waals surface area contributed by atoms with Crippen LogP contribution in [0.4, 0.5) is 0 Å². The molecule has 0 aliphatic heterocycles. The lowest BCUT2D eigenvalue weighted by atomic mass is 10.1. The average Bonchev–Trinajstić information content (AvgIpc) is 2.83. The first kappa shape index (κ1) is 14.4. The maximum Gasteiger partial charge on any atom is 0.148 e. The third kappa shape index (κ3) is 3.72. The molecule has 1 aromatic heterocycles. The first-order valence-electron chi connectivity index (χ1n) is 6.34. The molecule has 4 heteroatoms. The Bertz CT molecular complexity index is 523. The van der Waals surface area contributed by atoms with Crippen molar-refractivity contribution in [3.63, 3.8) is 0 Å². The topological polar surface area (TPSA) is 35.2 Å². The van der Waals surface area contributed by atoms with Crippen molar-refractivity contribution in [2.75, 3.05) is 0 Å². The maximum absolute atomic E-state index is 6.17. The van der Waals surface area contributed by atoms with Crippen LogP contribution in [0, 0.1) is 6.92 Å². The van der Waals surface area contributed by atoms with Crippen LogP contribution in [0.5, 0.6) is 5.75 Å². The summed E-state index contributed by atoms with van der Waals surface area (Å²) >= 11 is 7.52.